The van der Waals surface area contributed by atoms with E-state index < -0.39 is 0 Å². The smallest absolute Gasteiger partial charge is 0.228 e. The Morgan fingerprint density at radius 2 is 2.10 bits per heavy atom. The molecular formula is C16H23N3O2. The summed E-state index contributed by atoms with van der Waals surface area (Å²) in [6.45, 7) is 3.71. The van der Waals surface area contributed by atoms with E-state index in [9.17, 15) is 0 Å². The van der Waals surface area contributed by atoms with Gasteiger partial charge in [-0.05, 0) is 18.5 Å². The maximum Gasteiger partial charge on any atom is 0.228 e. The molecule has 114 valence electrons. The summed E-state index contributed by atoms with van der Waals surface area (Å²) < 4.78 is 10.4. The molecule has 1 aromatic carbocycles. The summed E-state index contributed by atoms with van der Waals surface area (Å²) in [7, 11) is 1.70. The van der Waals surface area contributed by atoms with Gasteiger partial charge < -0.3 is 14.6 Å². The highest BCUT2D eigenvalue weighted by molar-refractivity contribution is 5.19. The zero-order chi connectivity index (χ0) is 14.9. The first-order valence-corrected chi connectivity index (χ1v) is 7.42. The Bertz CT molecular complexity index is 513. The molecule has 5 heteroatoms. The van der Waals surface area contributed by atoms with Gasteiger partial charge in [0.05, 0.1) is 0 Å². The monoisotopic (exact) mass is 289 g/mol. The summed E-state index contributed by atoms with van der Waals surface area (Å²) in [4.78, 5) is 4.46. The van der Waals surface area contributed by atoms with E-state index in [1.54, 1.807) is 7.11 Å². The molecular weight excluding hydrogens is 266 g/mol. The fourth-order valence-electron chi connectivity index (χ4n) is 2.26. The number of rotatable bonds is 9. The van der Waals surface area contributed by atoms with Gasteiger partial charge in [0.1, 0.15) is 0 Å². The second-order valence-electron chi connectivity index (χ2n) is 4.93. The van der Waals surface area contributed by atoms with Crippen molar-refractivity contribution in [2.45, 2.75) is 32.2 Å². The predicted molar refractivity (Wildman–Crippen MR) is 81.1 cm³/mol. The molecule has 1 heterocycles. The van der Waals surface area contributed by atoms with Crippen LogP contribution in [0, 0.1) is 0 Å². The van der Waals surface area contributed by atoms with Crippen LogP contribution >= 0.6 is 0 Å². The average molecular weight is 289 g/mol. The summed E-state index contributed by atoms with van der Waals surface area (Å²) in [5.41, 5.74) is 1.23. The van der Waals surface area contributed by atoms with Gasteiger partial charge in [0.25, 0.3) is 0 Å². The van der Waals surface area contributed by atoms with Crippen molar-refractivity contribution in [3.63, 3.8) is 0 Å². The van der Waals surface area contributed by atoms with Crippen molar-refractivity contribution in [1.82, 2.24) is 15.5 Å². The Morgan fingerprint density at radius 3 is 2.81 bits per heavy atom. The Morgan fingerprint density at radius 1 is 1.29 bits per heavy atom. The van der Waals surface area contributed by atoms with Crippen molar-refractivity contribution < 1.29 is 9.26 Å². The van der Waals surface area contributed by atoms with E-state index in [-0.39, 0.29) is 6.04 Å². The normalized spacial score (nSPS) is 12.5. The van der Waals surface area contributed by atoms with Crippen LogP contribution in [-0.4, -0.2) is 30.4 Å². The molecule has 0 bridgehead atoms. The highest BCUT2D eigenvalue weighted by atomic mass is 16.5. The zero-order valence-corrected chi connectivity index (χ0v) is 12.7. The summed E-state index contributed by atoms with van der Waals surface area (Å²) in [5.74, 6) is 1.43. The molecule has 2 rings (SSSR count). The Hall–Kier alpha value is -1.72. The number of benzene rings is 1. The fraction of sp³-hybridized carbons (Fsp3) is 0.500. The molecule has 0 spiro atoms. The second kappa shape index (κ2) is 8.54. The highest BCUT2D eigenvalue weighted by Crippen LogP contribution is 2.17. The van der Waals surface area contributed by atoms with Gasteiger partial charge in [-0.1, -0.05) is 42.4 Å². The lowest BCUT2D eigenvalue weighted by molar-refractivity contribution is 0.194. The summed E-state index contributed by atoms with van der Waals surface area (Å²) in [6, 6.07) is 10.5. The number of ether oxygens (including phenoxy) is 1. The van der Waals surface area contributed by atoms with Gasteiger partial charge in [0.2, 0.25) is 5.89 Å². The minimum absolute atomic E-state index is 0.198. The lowest BCUT2D eigenvalue weighted by Crippen LogP contribution is -2.23. The first kappa shape index (κ1) is 15.7. The summed E-state index contributed by atoms with van der Waals surface area (Å²) in [6.07, 6.45) is 2.40. The minimum Gasteiger partial charge on any atom is -0.385 e. The lowest BCUT2D eigenvalue weighted by Gasteiger charge is -2.16. The van der Waals surface area contributed by atoms with E-state index in [2.05, 4.69) is 34.5 Å². The van der Waals surface area contributed by atoms with Gasteiger partial charge in [0.15, 0.2) is 5.82 Å². The van der Waals surface area contributed by atoms with E-state index in [0.717, 1.165) is 25.2 Å². The fourth-order valence-corrected chi connectivity index (χ4v) is 2.26. The molecule has 0 fully saturated rings. The molecule has 1 unspecified atom stereocenters. The van der Waals surface area contributed by atoms with Crippen molar-refractivity contribution >= 4 is 0 Å². The number of aryl methyl sites for hydroxylation is 1. The zero-order valence-electron chi connectivity index (χ0n) is 12.7. The number of likely N-dealkylation sites (N-methyl/N-ethyl adjacent to an activating group) is 1. The van der Waals surface area contributed by atoms with E-state index in [1.165, 1.54) is 5.56 Å². The molecule has 0 aliphatic carbocycles. The predicted octanol–water partition coefficient (Wildman–Crippen LogP) is 2.54. The topological polar surface area (TPSA) is 60.2 Å². The van der Waals surface area contributed by atoms with E-state index in [1.807, 2.05) is 18.2 Å². The average Bonchev–Trinajstić information content (AvgIpc) is 2.96. The molecule has 5 nitrogen and oxygen atoms in total. The van der Waals surface area contributed by atoms with Gasteiger partial charge in [0, 0.05) is 32.6 Å². The standard InChI is InChI=1S/C16H23N3O2/c1-3-17-14(13-8-5-4-6-9-13)12-16-18-15(19-21-16)10-7-11-20-2/h4-6,8-9,14,17H,3,7,10-12H2,1-2H3. The molecule has 1 N–H and O–H groups in total. The van der Waals surface area contributed by atoms with Crippen molar-refractivity contribution in [2.75, 3.05) is 20.3 Å². The van der Waals surface area contributed by atoms with Crippen LogP contribution in [0.5, 0.6) is 0 Å². The number of aromatic nitrogens is 2. The lowest BCUT2D eigenvalue weighted by atomic mass is 10.0. The number of hydrogen-bond acceptors (Lipinski definition) is 5. The van der Waals surface area contributed by atoms with Crippen LogP contribution in [0.1, 0.15) is 36.7 Å². The van der Waals surface area contributed by atoms with Gasteiger partial charge in [-0.2, -0.15) is 4.98 Å². The maximum absolute atomic E-state index is 5.35. The Kier molecular flexibility index (Phi) is 6.37. The Labute approximate surface area is 125 Å². The largest absolute Gasteiger partial charge is 0.385 e. The van der Waals surface area contributed by atoms with E-state index in [0.29, 0.717) is 18.9 Å². The summed E-state index contributed by atoms with van der Waals surface area (Å²) in [5, 5.41) is 7.49. The van der Waals surface area contributed by atoms with Crippen LogP contribution in [0.15, 0.2) is 34.9 Å². The molecule has 0 radical (unpaired) electrons. The molecule has 21 heavy (non-hydrogen) atoms. The van der Waals surface area contributed by atoms with E-state index >= 15 is 0 Å². The quantitative estimate of drug-likeness (QED) is 0.719. The van der Waals surface area contributed by atoms with Gasteiger partial charge in [-0.15, -0.1) is 0 Å². The molecule has 0 aliphatic rings. The summed E-state index contributed by atoms with van der Waals surface area (Å²) >= 11 is 0. The van der Waals surface area contributed by atoms with Crippen molar-refractivity contribution in [3.8, 4) is 0 Å². The van der Waals surface area contributed by atoms with Crippen LogP contribution in [0.2, 0.25) is 0 Å². The molecule has 0 amide bonds. The number of nitrogens with one attached hydrogen (secondary N) is 1. The molecule has 0 saturated heterocycles. The van der Waals surface area contributed by atoms with Crippen LogP contribution in [-0.2, 0) is 17.6 Å². The highest BCUT2D eigenvalue weighted by Gasteiger charge is 2.15. The third-order valence-corrected chi connectivity index (χ3v) is 3.29. The first-order valence-electron chi connectivity index (χ1n) is 7.42. The van der Waals surface area contributed by atoms with E-state index in [4.69, 9.17) is 9.26 Å². The first-order chi connectivity index (χ1) is 10.3. The van der Waals surface area contributed by atoms with Gasteiger partial charge in [-0.25, -0.2) is 0 Å². The Balaban J connectivity index is 1.97. The molecule has 1 atom stereocenters. The maximum atomic E-state index is 5.35. The molecule has 0 aliphatic heterocycles. The third kappa shape index (κ3) is 4.95. The van der Waals surface area contributed by atoms with Crippen molar-refractivity contribution in [3.05, 3.63) is 47.6 Å². The number of hydrogen-bond donors (Lipinski definition) is 1. The SMILES string of the molecule is CCNC(Cc1nc(CCCOC)no1)c1ccccc1. The van der Waals surface area contributed by atoms with Crippen LogP contribution in [0.4, 0.5) is 0 Å². The van der Waals surface area contributed by atoms with Gasteiger partial charge >= 0.3 is 0 Å². The molecule has 1 aromatic heterocycles. The number of nitrogens with zero attached hydrogens (tertiary/aromatic N) is 2. The van der Waals surface area contributed by atoms with Crippen LogP contribution in [0.25, 0.3) is 0 Å². The number of methoxy groups -OCH3 is 1. The third-order valence-electron chi connectivity index (χ3n) is 3.29. The van der Waals surface area contributed by atoms with Crippen molar-refractivity contribution in [2.24, 2.45) is 0 Å². The van der Waals surface area contributed by atoms with Crippen LogP contribution < -0.4 is 5.32 Å². The van der Waals surface area contributed by atoms with Crippen molar-refractivity contribution in [1.29, 1.82) is 0 Å². The molecule has 0 saturated carbocycles. The molecule has 2 aromatic rings. The second-order valence-corrected chi connectivity index (χ2v) is 4.93. The van der Waals surface area contributed by atoms with Crippen LogP contribution in [0.3, 0.4) is 0 Å². The minimum atomic E-state index is 0.198. The van der Waals surface area contributed by atoms with Gasteiger partial charge in [-0.3, -0.25) is 0 Å².